The molecular formula is C12H22O3. The van der Waals surface area contributed by atoms with Crippen LogP contribution in [0, 0.1) is 10.8 Å². The van der Waals surface area contributed by atoms with Gasteiger partial charge in [0.15, 0.2) is 0 Å². The Balaban J connectivity index is 2.15. The molecule has 2 heterocycles. The molecule has 2 aliphatic heterocycles. The van der Waals surface area contributed by atoms with Gasteiger partial charge < -0.3 is 14.2 Å². The fourth-order valence-electron chi connectivity index (χ4n) is 2.96. The van der Waals surface area contributed by atoms with Crippen LogP contribution in [0.25, 0.3) is 0 Å². The molecule has 0 N–H and O–H groups in total. The van der Waals surface area contributed by atoms with Gasteiger partial charge in [0.25, 0.3) is 0 Å². The van der Waals surface area contributed by atoms with Crippen molar-refractivity contribution in [1.29, 1.82) is 0 Å². The summed E-state index contributed by atoms with van der Waals surface area (Å²) in [5, 5.41) is 0. The van der Waals surface area contributed by atoms with E-state index in [0.29, 0.717) is 6.10 Å². The maximum atomic E-state index is 5.79. The Bertz CT molecular complexity index is 186. The zero-order chi connectivity index (χ0) is 10.9. The summed E-state index contributed by atoms with van der Waals surface area (Å²) in [4.78, 5) is 0. The molecule has 0 aliphatic carbocycles. The summed E-state index contributed by atoms with van der Waals surface area (Å²) in [5.74, 6) is 0. The quantitative estimate of drug-likeness (QED) is 0.699. The monoisotopic (exact) mass is 214 g/mol. The maximum absolute atomic E-state index is 5.79. The molecule has 2 fully saturated rings. The van der Waals surface area contributed by atoms with E-state index in [0.717, 1.165) is 39.3 Å². The van der Waals surface area contributed by atoms with Crippen molar-refractivity contribution >= 4 is 0 Å². The zero-order valence-electron chi connectivity index (χ0n) is 10.0. The van der Waals surface area contributed by atoms with Crippen LogP contribution < -0.4 is 0 Å². The van der Waals surface area contributed by atoms with Crippen molar-refractivity contribution in [2.45, 2.75) is 32.8 Å². The molecule has 0 amide bonds. The second-order valence-electron chi connectivity index (χ2n) is 5.03. The fraction of sp³-hybridized carbons (Fsp3) is 1.00. The lowest BCUT2D eigenvalue weighted by atomic mass is 9.63. The van der Waals surface area contributed by atoms with Crippen molar-refractivity contribution < 1.29 is 14.2 Å². The minimum Gasteiger partial charge on any atom is -0.380 e. The molecule has 0 aromatic carbocycles. The molecule has 0 bridgehead atoms. The van der Waals surface area contributed by atoms with Crippen LogP contribution in [-0.4, -0.2) is 39.6 Å². The summed E-state index contributed by atoms with van der Waals surface area (Å²) in [6.07, 6.45) is 2.56. The Morgan fingerprint density at radius 1 is 1.00 bits per heavy atom. The predicted octanol–water partition coefficient (Wildman–Crippen LogP) is 1.85. The lowest BCUT2D eigenvalue weighted by molar-refractivity contribution is -0.267. The standard InChI is InChI=1S/C12H22O3/c1-4-11(6-14-7-11)10(13-3)12(5-2)8-15-9-12/h10H,4-9H2,1-3H3. The molecule has 2 saturated heterocycles. The summed E-state index contributed by atoms with van der Waals surface area (Å²) in [5.41, 5.74) is 0.489. The van der Waals surface area contributed by atoms with Gasteiger partial charge in [0.05, 0.1) is 32.5 Å². The molecule has 3 heteroatoms. The molecule has 0 aromatic rings. The van der Waals surface area contributed by atoms with Crippen LogP contribution in [0.3, 0.4) is 0 Å². The highest BCUT2D eigenvalue weighted by molar-refractivity contribution is 5.04. The zero-order valence-corrected chi connectivity index (χ0v) is 10.0. The Kier molecular flexibility index (Phi) is 3.06. The van der Waals surface area contributed by atoms with E-state index in [-0.39, 0.29) is 10.8 Å². The first-order chi connectivity index (χ1) is 7.23. The van der Waals surface area contributed by atoms with Crippen molar-refractivity contribution in [2.24, 2.45) is 10.8 Å². The van der Waals surface area contributed by atoms with Crippen LogP contribution in [0.4, 0.5) is 0 Å². The first-order valence-corrected chi connectivity index (χ1v) is 5.91. The van der Waals surface area contributed by atoms with Crippen LogP contribution >= 0.6 is 0 Å². The minimum absolute atomic E-state index is 0.245. The summed E-state index contributed by atoms with van der Waals surface area (Å²) < 4.78 is 16.6. The van der Waals surface area contributed by atoms with Gasteiger partial charge in [-0.2, -0.15) is 0 Å². The van der Waals surface area contributed by atoms with E-state index >= 15 is 0 Å². The van der Waals surface area contributed by atoms with Crippen LogP contribution in [0.2, 0.25) is 0 Å². The SMILES string of the molecule is CCC1(C(OC)C2(CC)COC2)COC1. The van der Waals surface area contributed by atoms with E-state index in [9.17, 15) is 0 Å². The summed E-state index contributed by atoms with van der Waals surface area (Å²) in [7, 11) is 1.83. The van der Waals surface area contributed by atoms with Crippen molar-refractivity contribution in [2.75, 3.05) is 33.5 Å². The van der Waals surface area contributed by atoms with Crippen molar-refractivity contribution in [3.05, 3.63) is 0 Å². The largest absolute Gasteiger partial charge is 0.380 e. The van der Waals surface area contributed by atoms with Gasteiger partial charge in [-0.25, -0.2) is 0 Å². The van der Waals surface area contributed by atoms with E-state index in [1.807, 2.05) is 7.11 Å². The molecule has 0 radical (unpaired) electrons. The molecular weight excluding hydrogens is 192 g/mol. The molecule has 0 aromatic heterocycles. The number of ether oxygens (including phenoxy) is 3. The van der Waals surface area contributed by atoms with E-state index in [1.54, 1.807) is 0 Å². The lowest BCUT2D eigenvalue weighted by Gasteiger charge is -2.56. The first kappa shape index (κ1) is 11.4. The Morgan fingerprint density at radius 2 is 1.40 bits per heavy atom. The van der Waals surface area contributed by atoms with Gasteiger partial charge in [0, 0.05) is 17.9 Å². The number of methoxy groups -OCH3 is 1. The minimum atomic E-state index is 0.245. The molecule has 0 spiro atoms. The summed E-state index contributed by atoms with van der Waals surface area (Å²) in [6.45, 7) is 7.87. The second kappa shape index (κ2) is 4.04. The molecule has 88 valence electrons. The average molecular weight is 214 g/mol. The highest BCUT2D eigenvalue weighted by Crippen LogP contribution is 2.49. The smallest absolute Gasteiger partial charge is 0.0771 e. The topological polar surface area (TPSA) is 27.7 Å². The van der Waals surface area contributed by atoms with Crippen molar-refractivity contribution in [3.63, 3.8) is 0 Å². The van der Waals surface area contributed by atoms with Crippen LogP contribution in [0.1, 0.15) is 26.7 Å². The van der Waals surface area contributed by atoms with E-state index in [1.165, 1.54) is 0 Å². The van der Waals surface area contributed by atoms with Crippen molar-refractivity contribution in [3.8, 4) is 0 Å². The van der Waals surface area contributed by atoms with Crippen LogP contribution in [0.5, 0.6) is 0 Å². The van der Waals surface area contributed by atoms with Gasteiger partial charge in [-0.05, 0) is 12.8 Å². The molecule has 3 nitrogen and oxygen atoms in total. The van der Waals surface area contributed by atoms with Gasteiger partial charge in [-0.15, -0.1) is 0 Å². The van der Waals surface area contributed by atoms with Gasteiger partial charge in [0.2, 0.25) is 0 Å². The van der Waals surface area contributed by atoms with Crippen molar-refractivity contribution in [1.82, 2.24) is 0 Å². The molecule has 0 saturated carbocycles. The average Bonchev–Trinajstić information content (AvgIpc) is 2.13. The van der Waals surface area contributed by atoms with Gasteiger partial charge in [0.1, 0.15) is 0 Å². The predicted molar refractivity (Wildman–Crippen MR) is 57.9 cm³/mol. The Hall–Kier alpha value is -0.120. The number of hydrogen-bond acceptors (Lipinski definition) is 3. The first-order valence-electron chi connectivity index (χ1n) is 5.91. The maximum Gasteiger partial charge on any atom is 0.0771 e. The third kappa shape index (κ3) is 1.52. The van der Waals surface area contributed by atoms with Gasteiger partial charge in [-0.3, -0.25) is 0 Å². The highest BCUT2D eigenvalue weighted by Gasteiger charge is 2.56. The number of rotatable bonds is 5. The van der Waals surface area contributed by atoms with E-state index < -0.39 is 0 Å². The fourth-order valence-corrected chi connectivity index (χ4v) is 2.96. The van der Waals surface area contributed by atoms with E-state index in [2.05, 4.69) is 13.8 Å². The Morgan fingerprint density at radius 3 is 1.53 bits per heavy atom. The van der Waals surface area contributed by atoms with E-state index in [4.69, 9.17) is 14.2 Å². The highest BCUT2D eigenvalue weighted by atomic mass is 16.5. The van der Waals surface area contributed by atoms with Gasteiger partial charge in [-0.1, -0.05) is 13.8 Å². The van der Waals surface area contributed by atoms with Gasteiger partial charge >= 0.3 is 0 Å². The molecule has 2 rings (SSSR count). The summed E-state index contributed by atoms with van der Waals surface area (Å²) in [6, 6.07) is 0. The number of hydrogen-bond donors (Lipinski definition) is 0. The third-order valence-electron chi connectivity index (χ3n) is 4.31. The molecule has 2 aliphatic rings. The normalized spacial score (nSPS) is 27.2. The molecule has 0 atom stereocenters. The molecule has 15 heavy (non-hydrogen) atoms. The summed E-state index contributed by atoms with van der Waals surface area (Å²) >= 11 is 0. The lowest BCUT2D eigenvalue weighted by Crippen LogP contribution is -2.64. The second-order valence-corrected chi connectivity index (χ2v) is 5.03. The van der Waals surface area contributed by atoms with Crippen LogP contribution in [-0.2, 0) is 14.2 Å². The molecule has 0 unspecified atom stereocenters. The Labute approximate surface area is 92.1 Å². The van der Waals surface area contributed by atoms with Crippen LogP contribution in [0.15, 0.2) is 0 Å². The third-order valence-corrected chi connectivity index (χ3v) is 4.31.